The summed E-state index contributed by atoms with van der Waals surface area (Å²) in [5.74, 6) is -0.248. The van der Waals surface area contributed by atoms with Gasteiger partial charge in [0, 0.05) is 22.6 Å². The topological polar surface area (TPSA) is 114 Å². The number of amides is 1. The van der Waals surface area contributed by atoms with Crippen molar-refractivity contribution in [2.24, 2.45) is 0 Å². The summed E-state index contributed by atoms with van der Waals surface area (Å²) < 4.78 is 16.0. The monoisotopic (exact) mass is 491 g/mol. The molecule has 35 heavy (non-hydrogen) atoms. The number of carbonyl (C=O) groups excluding carboxylic acids is 2. The van der Waals surface area contributed by atoms with E-state index in [-0.39, 0.29) is 17.3 Å². The highest BCUT2D eigenvalue weighted by Crippen LogP contribution is 2.44. The molecule has 10 heteroatoms. The van der Waals surface area contributed by atoms with Crippen LogP contribution in [0.2, 0.25) is 0 Å². The molecule has 5 rings (SSSR count). The van der Waals surface area contributed by atoms with Crippen molar-refractivity contribution in [3.8, 4) is 17.2 Å². The number of methoxy groups -OCH3 is 3. The first-order valence-corrected chi connectivity index (χ1v) is 11.4. The Hall–Kier alpha value is -4.31. The number of nitrogens with zero attached hydrogens (tertiary/aromatic N) is 2. The fraction of sp³-hybridized carbons (Fsp3) is 0.160. The molecule has 1 aliphatic rings. The minimum absolute atomic E-state index is 0.0266. The van der Waals surface area contributed by atoms with Gasteiger partial charge in [-0.3, -0.25) is 14.5 Å². The first kappa shape index (κ1) is 22.5. The van der Waals surface area contributed by atoms with Crippen LogP contribution < -0.4 is 19.1 Å². The second-order valence-electron chi connectivity index (χ2n) is 7.70. The second kappa shape index (κ2) is 8.80. The third kappa shape index (κ3) is 3.68. The molecule has 2 N–H and O–H groups in total. The van der Waals surface area contributed by atoms with Crippen LogP contribution >= 0.6 is 11.3 Å². The van der Waals surface area contributed by atoms with Crippen LogP contribution in [0.5, 0.6) is 17.2 Å². The highest BCUT2D eigenvalue weighted by Gasteiger charge is 2.48. The summed E-state index contributed by atoms with van der Waals surface area (Å²) in [4.78, 5) is 36.2. The molecule has 0 aliphatic carbocycles. The number of hydrogen-bond donors (Lipinski definition) is 2. The van der Waals surface area contributed by atoms with E-state index in [4.69, 9.17) is 14.2 Å². The van der Waals surface area contributed by atoms with Crippen LogP contribution in [0.1, 0.15) is 16.5 Å². The molecule has 3 heterocycles. The summed E-state index contributed by atoms with van der Waals surface area (Å²) in [5.41, 5.74) is 1.46. The van der Waals surface area contributed by atoms with Crippen LogP contribution in [0, 0.1) is 0 Å². The van der Waals surface area contributed by atoms with Gasteiger partial charge in [0.2, 0.25) is 5.95 Å². The number of ketones is 1. The van der Waals surface area contributed by atoms with E-state index in [2.05, 4.69) is 9.97 Å². The number of hydrogen-bond acceptors (Lipinski definition) is 8. The molecule has 0 bridgehead atoms. The van der Waals surface area contributed by atoms with Crippen LogP contribution in [0.15, 0.2) is 59.5 Å². The third-order valence-corrected chi connectivity index (χ3v) is 6.73. The first-order valence-electron chi connectivity index (χ1n) is 10.6. The zero-order valence-electron chi connectivity index (χ0n) is 19.1. The number of ether oxygens (including phenoxy) is 3. The molecular formula is C25H21N3O6S. The maximum absolute atomic E-state index is 13.3. The molecule has 1 saturated heterocycles. The molecule has 0 saturated carbocycles. The highest BCUT2D eigenvalue weighted by molar-refractivity contribution is 7.10. The molecule has 1 fully saturated rings. The van der Waals surface area contributed by atoms with Gasteiger partial charge in [-0.25, -0.2) is 4.98 Å². The number of anilines is 1. The summed E-state index contributed by atoms with van der Waals surface area (Å²) in [6.07, 6.45) is 0. The highest BCUT2D eigenvalue weighted by atomic mass is 32.1. The summed E-state index contributed by atoms with van der Waals surface area (Å²) in [5, 5.41) is 13.0. The maximum atomic E-state index is 13.3. The summed E-state index contributed by atoms with van der Waals surface area (Å²) >= 11 is 1.37. The molecule has 2 aromatic carbocycles. The molecule has 1 unspecified atom stereocenters. The molecule has 0 radical (unpaired) electrons. The van der Waals surface area contributed by atoms with Crippen molar-refractivity contribution in [1.29, 1.82) is 0 Å². The normalized spacial score (nSPS) is 17.2. The predicted molar refractivity (Wildman–Crippen MR) is 131 cm³/mol. The van der Waals surface area contributed by atoms with Crippen LogP contribution in [-0.4, -0.2) is 48.1 Å². The van der Waals surface area contributed by atoms with Gasteiger partial charge in [-0.05, 0) is 23.6 Å². The Morgan fingerprint density at radius 1 is 1.03 bits per heavy atom. The number of benzene rings is 2. The smallest absolute Gasteiger partial charge is 0.302 e. The lowest BCUT2D eigenvalue weighted by molar-refractivity contribution is -0.132. The van der Waals surface area contributed by atoms with Gasteiger partial charge < -0.3 is 24.3 Å². The van der Waals surface area contributed by atoms with E-state index < -0.39 is 17.7 Å². The number of thiophene rings is 1. The van der Waals surface area contributed by atoms with Gasteiger partial charge in [0.25, 0.3) is 5.78 Å². The Balaban J connectivity index is 1.69. The molecule has 1 amide bonds. The fourth-order valence-corrected chi connectivity index (χ4v) is 4.95. The van der Waals surface area contributed by atoms with Crippen LogP contribution in [-0.2, 0) is 9.59 Å². The van der Waals surface area contributed by atoms with E-state index in [9.17, 15) is 14.7 Å². The zero-order valence-corrected chi connectivity index (χ0v) is 19.9. The lowest BCUT2D eigenvalue weighted by Gasteiger charge is -2.21. The number of Topliss-reactive ketones (excluding diaryl/α,β-unsaturated/α-hetero) is 1. The maximum Gasteiger partial charge on any atom is 0.302 e. The Morgan fingerprint density at radius 2 is 1.80 bits per heavy atom. The average Bonchev–Trinajstić information content (AvgIpc) is 3.61. The Morgan fingerprint density at radius 3 is 2.49 bits per heavy atom. The minimum atomic E-state index is -0.870. The number of aromatic nitrogens is 2. The Bertz CT molecular complexity index is 1430. The largest absolute Gasteiger partial charge is 0.507 e. The van der Waals surface area contributed by atoms with Gasteiger partial charge >= 0.3 is 5.91 Å². The van der Waals surface area contributed by atoms with Gasteiger partial charge in [0.05, 0.1) is 37.9 Å². The lowest BCUT2D eigenvalue weighted by Crippen LogP contribution is -2.30. The number of aromatic amines is 1. The molecule has 1 aliphatic heterocycles. The van der Waals surface area contributed by atoms with Crippen LogP contribution in [0.4, 0.5) is 5.95 Å². The SMILES string of the molecule is COc1cccc(/C(O)=C2\C(=O)C(=O)N(c3nc4cc(OC)c(OC)cc4[nH]3)C2c2cccs2)c1. The number of nitrogens with one attached hydrogen (secondary N) is 1. The van der Waals surface area contributed by atoms with Crippen molar-refractivity contribution in [2.75, 3.05) is 26.2 Å². The van der Waals surface area contributed by atoms with Crippen molar-refractivity contribution in [1.82, 2.24) is 9.97 Å². The predicted octanol–water partition coefficient (Wildman–Crippen LogP) is 4.28. The van der Waals surface area contributed by atoms with Crippen molar-refractivity contribution < 1.29 is 28.9 Å². The van der Waals surface area contributed by atoms with Crippen molar-refractivity contribution in [3.63, 3.8) is 0 Å². The minimum Gasteiger partial charge on any atom is -0.507 e. The Labute approximate surface area is 204 Å². The summed E-state index contributed by atoms with van der Waals surface area (Å²) in [6, 6.07) is 12.8. The van der Waals surface area contributed by atoms with E-state index in [0.29, 0.717) is 38.7 Å². The van der Waals surface area contributed by atoms with Gasteiger partial charge in [-0.15, -0.1) is 11.3 Å². The van der Waals surface area contributed by atoms with Gasteiger partial charge in [-0.2, -0.15) is 0 Å². The molecule has 2 aromatic heterocycles. The van der Waals surface area contributed by atoms with Crippen molar-refractivity contribution >= 4 is 45.8 Å². The quantitative estimate of drug-likeness (QED) is 0.235. The number of imidazole rings is 1. The van der Waals surface area contributed by atoms with Gasteiger partial charge in [0.1, 0.15) is 17.6 Å². The van der Waals surface area contributed by atoms with Crippen molar-refractivity contribution in [3.05, 3.63) is 69.9 Å². The number of fused-ring (bicyclic) bond motifs is 1. The molecule has 9 nitrogen and oxygen atoms in total. The molecular weight excluding hydrogens is 470 g/mol. The van der Waals surface area contributed by atoms with E-state index in [1.165, 1.54) is 37.6 Å². The van der Waals surface area contributed by atoms with Crippen LogP contribution in [0.3, 0.4) is 0 Å². The number of carbonyl (C=O) groups is 2. The van der Waals surface area contributed by atoms with Crippen molar-refractivity contribution in [2.45, 2.75) is 6.04 Å². The zero-order chi connectivity index (χ0) is 24.7. The molecule has 178 valence electrons. The van der Waals surface area contributed by atoms with E-state index in [1.807, 2.05) is 17.5 Å². The molecule has 4 aromatic rings. The number of aliphatic hydroxyl groups is 1. The third-order valence-electron chi connectivity index (χ3n) is 5.80. The number of H-pyrrole nitrogens is 1. The molecule has 0 spiro atoms. The average molecular weight is 492 g/mol. The number of rotatable bonds is 6. The number of aliphatic hydroxyl groups excluding tert-OH is 1. The second-order valence-corrected chi connectivity index (χ2v) is 8.68. The lowest BCUT2D eigenvalue weighted by atomic mass is 10.00. The fourth-order valence-electron chi connectivity index (χ4n) is 4.13. The first-order chi connectivity index (χ1) is 17.0. The van der Waals surface area contributed by atoms with Gasteiger partial charge in [-0.1, -0.05) is 18.2 Å². The van der Waals surface area contributed by atoms with Gasteiger partial charge in [0.15, 0.2) is 11.5 Å². The molecule has 1 atom stereocenters. The summed E-state index contributed by atoms with van der Waals surface area (Å²) in [7, 11) is 4.55. The summed E-state index contributed by atoms with van der Waals surface area (Å²) in [6.45, 7) is 0. The van der Waals surface area contributed by atoms with E-state index in [0.717, 1.165) is 0 Å². The Kier molecular flexibility index (Phi) is 5.65. The van der Waals surface area contributed by atoms with Crippen LogP contribution in [0.25, 0.3) is 16.8 Å². The van der Waals surface area contributed by atoms with E-state index >= 15 is 0 Å². The van der Waals surface area contributed by atoms with E-state index in [1.54, 1.807) is 36.4 Å². The standard InChI is InChI=1S/C25H21N3O6S/c1-32-14-7-4-6-13(10-14)22(29)20-21(19-8-5-9-35-19)28(24(31)23(20)30)25-26-15-11-17(33-2)18(34-3)12-16(15)27-25/h4-12,21,29H,1-3H3,(H,26,27)/b22-20+.